The maximum Gasteiger partial charge on any atom is 0.417 e. The maximum atomic E-state index is 14.2. The molecule has 0 radical (unpaired) electrons. The normalized spacial score (nSPS) is 12.0. The van der Waals surface area contributed by atoms with Crippen LogP contribution in [0.1, 0.15) is 88.0 Å². The van der Waals surface area contributed by atoms with E-state index in [9.17, 15) is 13.2 Å². The van der Waals surface area contributed by atoms with Gasteiger partial charge in [-0.1, -0.05) is 113 Å². The van der Waals surface area contributed by atoms with Crippen molar-refractivity contribution in [2.75, 3.05) is 26.2 Å². The third-order valence-corrected chi connectivity index (χ3v) is 7.77. The molecular formula is C36H49F3N2. The van der Waals surface area contributed by atoms with Gasteiger partial charge in [-0.15, -0.1) is 0 Å². The van der Waals surface area contributed by atoms with E-state index in [1.54, 1.807) is 30.3 Å². The van der Waals surface area contributed by atoms with Gasteiger partial charge in [0.2, 0.25) is 0 Å². The van der Waals surface area contributed by atoms with Gasteiger partial charge >= 0.3 is 6.18 Å². The van der Waals surface area contributed by atoms with Crippen LogP contribution < -0.4 is 0 Å². The van der Waals surface area contributed by atoms with Crippen LogP contribution in [0.2, 0.25) is 0 Å². The number of unbranched alkanes of at least 4 members (excludes halogenated alkanes) is 4. The van der Waals surface area contributed by atoms with Crippen molar-refractivity contribution in [2.45, 2.75) is 91.4 Å². The minimum Gasteiger partial charge on any atom is -0.302 e. The Morgan fingerprint density at radius 1 is 0.561 bits per heavy atom. The predicted octanol–water partition coefficient (Wildman–Crippen LogP) is 10.0. The van der Waals surface area contributed by atoms with E-state index < -0.39 is 11.7 Å². The third kappa shape index (κ3) is 11.3. The topological polar surface area (TPSA) is 6.48 Å². The molecule has 0 N–H and O–H groups in total. The van der Waals surface area contributed by atoms with Gasteiger partial charge in [-0.05, 0) is 72.7 Å². The second-order valence-electron chi connectivity index (χ2n) is 11.3. The van der Waals surface area contributed by atoms with Crippen LogP contribution in [0.15, 0.2) is 72.8 Å². The SMILES string of the molecule is CCCCCc1ccc(CN(CCN(CCCC)CCCC)Cc2ccc(-c3ccccc3)c(C(F)(F)F)c2)cc1. The lowest BCUT2D eigenvalue weighted by atomic mass is 9.97. The van der Waals surface area contributed by atoms with Crippen LogP contribution >= 0.6 is 0 Å². The van der Waals surface area contributed by atoms with Crippen LogP contribution in [0.25, 0.3) is 11.1 Å². The summed E-state index contributed by atoms with van der Waals surface area (Å²) in [6, 6.07) is 22.6. The number of rotatable bonds is 18. The van der Waals surface area contributed by atoms with Gasteiger partial charge in [-0.25, -0.2) is 0 Å². The Balaban J connectivity index is 1.82. The quantitative estimate of drug-likeness (QED) is 0.141. The molecule has 0 spiro atoms. The van der Waals surface area contributed by atoms with E-state index in [2.05, 4.69) is 54.8 Å². The van der Waals surface area contributed by atoms with Crippen molar-refractivity contribution in [1.82, 2.24) is 9.80 Å². The average molecular weight is 567 g/mol. The second-order valence-corrected chi connectivity index (χ2v) is 11.3. The molecule has 0 fully saturated rings. The fraction of sp³-hybridized carbons (Fsp3) is 0.500. The van der Waals surface area contributed by atoms with Crippen LogP contribution in [-0.2, 0) is 25.7 Å². The van der Waals surface area contributed by atoms with E-state index >= 15 is 0 Å². The highest BCUT2D eigenvalue weighted by Gasteiger charge is 2.34. The first-order valence-electron chi connectivity index (χ1n) is 15.6. The van der Waals surface area contributed by atoms with E-state index in [1.165, 1.54) is 49.3 Å². The van der Waals surface area contributed by atoms with E-state index in [1.807, 2.05) is 12.1 Å². The molecule has 41 heavy (non-hydrogen) atoms. The molecule has 0 unspecified atom stereocenters. The Bertz CT molecular complexity index is 1120. The Morgan fingerprint density at radius 3 is 1.73 bits per heavy atom. The summed E-state index contributed by atoms with van der Waals surface area (Å²) in [5.74, 6) is 0. The molecule has 0 amide bonds. The first-order valence-corrected chi connectivity index (χ1v) is 15.6. The highest BCUT2D eigenvalue weighted by molar-refractivity contribution is 5.68. The molecule has 224 valence electrons. The van der Waals surface area contributed by atoms with E-state index in [4.69, 9.17) is 0 Å². The zero-order valence-electron chi connectivity index (χ0n) is 25.4. The fourth-order valence-electron chi connectivity index (χ4n) is 5.30. The third-order valence-electron chi connectivity index (χ3n) is 7.77. The number of hydrogen-bond donors (Lipinski definition) is 0. The molecule has 0 atom stereocenters. The number of nitrogens with zero attached hydrogens (tertiary/aromatic N) is 2. The minimum absolute atomic E-state index is 0.234. The highest BCUT2D eigenvalue weighted by atomic mass is 19.4. The van der Waals surface area contributed by atoms with Crippen molar-refractivity contribution in [3.63, 3.8) is 0 Å². The smallest absolute Gasteiger partial charge is 0.302 e. The number of aryl methyl sites for hydroxylation is 1. The summed E-state index contributed by atoms with van der Waals surface area (Å²) in [5.41, 5.74) is 3.51. The van der Waals surface area contributed by atoms with Crippen LogP contribution in [0.3, 0.4) is 0 Å². The summed E-state index contributed by atoms with van der Waals surface area (Å²) in [6.45, 7) is 11.7. The first kappa shape index (κ1) is 32.9. The van der Waals surface area contributed by atoms with Crippen LogP contribution in [0.5, 0.6) is 0 Å². The van der Waals surface area contributed by atoms with Gasteiger partial charge < -0.3 is 4.90 Å². The van der Waals surface area contributed by atoms with Crippen molar-refractivity contribution in [2.24, 2.45) is 0 Å². The summed E-state index contributed by atoms with van der Waals surface area (Å²) in [6.07, 6.45) is 4.97. The van der Waals surface area contributed by atoms with E-state index in [0.717, 1.165) is 45.4 Å². The molecule has 0 aliphatic heterocycles. The minimum atomic E-state index is -4.42. The van der Waals surface area contributed by atoms with Gasteiger partial charge in [-0.2, -0.15) is 13.2 Å². The maximum absolute atomic E-state index is 14.2. The molecule has 0 aliphatic rings. The first-order chi connectivity index (χ1) is 19.8. The molecule has 2 nitrogen and oxygen atoms in total. The van der Waals surface area contributed by atoms with Crippen LogP contribution in [0, 0.1) is 0 Å². The van der Waals surface area contributed by atoms with Crippen molar-refractivity contribution in [3.8, 4) is 11.1 Å². The molecule has 0 saturated carbocycles. The Morgan fingerprint density at radius 2 is 1.12 bits per heavy atom. The van der Waals surface area contributed by atoms with Gasteiger partial charge in [0.15, 0.2) is 0 Å². The Labute approximate surface area is 246 Å². The molecular weight excluding hydrogens is 517 g/mol. The number of halogens is 3. The van der Waals surface area contributed by atoms with Crippen LogP contribution in [-0.4, -0.2) is 36.0 Å². The molecule has 5 heteroatoms. The number of hydrogen-bond acceptors (Lipinski definition) is 2. The summed E-state index contributed by atoms with van der Waals surface area (Å²) >= 11 is 0. The van der Waals surface area contributed by atoms with Crippen molar-refractivity contribution in [3.05, 3.63) is 95.1 Å². The van der Waals surface area contributed by atoms with Crippen molar-refractivity contribution < 1.29 is 13.2 Å². The van der Waals surface area contributed by atoms with Gasteiger partial charge in [0.1, 0.15) is 0 Å². The van der Waals surface area contributed by atoms with Gasteiger partial charge in [0.05, 0.1) is 5.56 Å². The number of alkyl halides is 3. The lowest BCUT2D eigenvalue weighted by Crippen LogP contribution is -2.36. The summed E-state index contributed by atoms with van der Waals surface area (Å²) in [7, 11) is 0. The molecule has 3 rings (SSSR count). The summed E-state index contributed by atoms with van der Waals surface area (Å²) in [5, 5.41) is 0. The molecule has 0 aliphatic carbocycles. The Kier molecular flexibility index (Phi) is 13.9. The molecule has 3 aromatic rings. The molecule has 0 aromatic heterocycles. The zero-order chi connectivity index (χ0) is 29.5. The fourth-order valence-corrected chi connectivity index (χ4v) is 5.30. The lowest BCUT2D eigenvalue weighted by Gasteiger charge is -2.28. The van der Waals surface area contributed by atoms with Gasteiger partial charge in [0.25, 0.3) is 0 Å². The van der Waals surface area contributed by atoms with E-state index in [-0.39, 0.29) is 5.56 Å². The standard InChI is InChI=1S/C36H49F3N2/c1-4-7-11-14-30-17-19-31(20-18-30)28-41(26-25-40(23-8-5-2)24-9-6-3)29-32-21-22-34(33-15-12-10-13-16-33)35(27-32)36(37,38)39/h10,12-13,15-22,27H,4-9,11,14,23-26,28-29H2,1-3H3. The van der Waals surface area contributed by atoms with Gasteiger partial charge in [-0.3, -0.25) is 4.90 Å². The second kappa shape index (κ2) is 17.4. The molecule has 0 bridgehead atoms. The van der Waals surface area contributed by atoms with Crippen LogP contribution in [0.4, 0.5) is 13.2 Å². The summed E-state index contributed by atoms with van der Waals surface area (Å²) in [4.78, 5) is 4.84. The van der Waals surface area contributed by atoms with Crippen molar-refractivity contribution >= 4 is 0 Å². The van der Waals surface area contributed by atoms with E-state index in [0.29, 0.717) is 24.2 Å². The Hall–Kier alpha value is -2.63. The average Bonchev–Trinajstić information content (AvgIpc) is 2.97. The number of benzene rings is 3. The predicted molar refractivity (Wildman–Crippen MR) is 167 cm³/mol. The lowest BCUT2D eigenvalue weighted by molar-refractivity contribution is -0.137. The molecule has 3 aromatic carbocycles. The monoisotopic (exact) mass is 566 g/mol. The van der Waals surface area contributed by atoms with Gasteiger partial charge in [0, 0.05) is 26.2 Å². The highest BCUT2D eigenvalue weighted by Crippen LogP contribution is 2.38. The molecule has 0 heterocycles. The largest absolute Gasteiger partial charge is 0.417 e. The summed E-state index contributed by atoms with van der Waals surface area (Å²) < 4.78 is 42.7. The molecule has 0 saturated heterocycles. The van der Waals surface area contributed by atoms with Crippen molar-refractivity contribution in [1.29, 1.82) is 0 Å². The zero-order valence-corrected chi connectivity index (χ0v) is 25.4.